The van der Waals surface area contributed by atoms with Gasteiger partial charge in [-0.05, 0) is 36.1 Å². The van der Waals surface area contributed by atoms with Crippen LogP contribution in [0.5, 0.6) is 0 Å². The molecule has 0 saturated carbocycles. The van der Waals surface area contributed by atoms with E-state index in [0.29, 0.717) is 6.61 Å². The Labute approximate surface area is 147 Å². The SMILES string of the molecule is CCOC(=O)CC(C(=O)OCC)C1c2ccccc2-c2ccccc21. The largest absolute Gasteiger partial charge is 0.466 e. The lowest BCUT2D eigenvalue weighted by atomic mass is 9.82. The monoisotopic (exact) mass is 338 g/mol. The van der Waals surface area contributed by atoms with Crippen LogP contribution in [-0.2, 0) is 19.1 Å². The molecule has 4 nitrogen and oxygen atoms in total. The topological polar surface area (TPSA) is 52.6 Å². The summed E-state index contributed by atoms with van der Waals surface area (Å²) in [6.45, 7) is 4.12. The lowest BCUT2D eigenvalue weighted by Crippen LogP contribution is -2.27. The summed E-state index contributed by atoms with van der Waals surface area (Å²) >= 11 is 0. The number of carbonyl (C=O) groups is 2. The summed E-state index contributed by atoms with van der Waals surface area (Å²) in [7, 11) is 0. The highest BCUT2D eigenvalue weighted by Crippen LogP contribution is 2.49. The molecule has 0 fully saturated rings. The molecule has 0 bridgehead atoms. The Hall–Kier alpha value is -2.62. The molecule has 0 aromatic heterocycles. The Morgan fingerprint density at radius 2 is 1.40 bits per heavy atom. The minimum atomic E-state index is -0.594. The predicted octanol–water partition coefficient (Wildman–Crippen LogP) is 3.93. The molecule has 0 spiro atoms. The van der Waals surface area contributed by atoms with Crippen LogP contribution >= 0.6 is 0 Å². The van der Waals surface area contributed by atoms with Crippen molar-refractivity contribution in [3.8, 4) is 11.1 Å². The van der Waals surface area contributed by atoms with E-state index < -0.39 is 5.92 Å². The van der Waals surface area contributed by atoms with Crippen LogP contribution in [-0.4, -0.2) is 25.2 Å². The molecule has 2 aromatic rings. The van der Waals surface area contributed by atoms with Gasteiger partial charge in [-0.2, -0.15) is 0 Å². The van der Waals surface area contributed by atoms with Crippen molar-refractivity contribution in [3.63, 3.8) is 0 Å². The van der Waals surface area contributed by atoms with Crippen molar-refractivity contribution in [2.45, 2.75) is 26.2 Å². The lowest BCUT2D eigenvalue weighted by Gasteiger charge is -2.23. The first-order chi connectivity index (χ1) is 12.2. The summed E-state index contributed by atoms with van der Waals surface area (Å²) in [4.78, 5) is 24.8. The molecule has 2 aromatic carbocycles. The second-order valence-corrected chi connectivity index (χ2v) is 6.02. The van der Waals surface area contributed by atoms with E-state index in [1.165, 1.54) is 0 Å². The van der Waals surface area contributed by atoms with Crippen molar-refractivity contribution in [3.05, 3.63) is 59.7 Å². The fourth-order valence-corrected chi connectivity index (χ4v) is 3.61. The first-order valence-electron chi connectivity index (χ1n) is 8.67. The first kappa shape index (κ1) is 17.2. The van der Waals surface area contributed by atoms with E-state index in [-0.39, 0.29) is 30.9 Å². The van der Waals surface area contributed by atoms with Crippen LogP contribution in [0.3, 0.4) is 0 Å². The van der Waals surface area contributed by atoms with E-state index in [1.807, 2.05) is 36.4 Å². The quantitative estimate of drug-likeness (QED) is 0.749. The molecule has 1 aliphatic rings. The smallest absolute Gasteiger partial charge is 0.310 e. The van der Waals surface area contributed by atoms with Gasteiger partial charge in [-0.3, -0.25) is 9.59 Å². The Morgan fingerprint density at radius 1 is 0.880 bits per heavy atom. The van der Waals surface area contributed by atoms with Crippen LogP contribution in [0.4, 0.5) is 0 Å². The van der Waals surface area contributed by atoms with Gasteiger partial charge in [0.2, 0.25) is 0 Å². The summed E-state index contributed by atoms with van der Waals surface area (Å²) in [5, 5.41) is 0. The molecule has 1 atom stereocenters. The third-order valence-electron chi connectivity index (χ3n) is 4.57. The van der Waals surface area contributed by atoms with Gasteiger partial charge in [-0.1, -0.05) is 48.5 Å². The Morgan fingerprint density at radius 3 is 1.92 bits per heavy atom. The van der Waals surface area contributed by atoms with Crippen LogP contribution < -0.4 is 0 Å². The Kier molecular flexibility index (Phi) is 5.17. The second-order valence-electron chi connectivity index (χ2n) is 6.02. The van der Waals surface area contributed by atoms with E-state index >= 15 is 0 Å². The minimum absolute atomic E-state index is 0.0139. The van der Waals surface area contributed by atoms with Crippen LogP contribution in [0.15, 0.2) is 48.5 Å². The van der Waals surface area contributed by atoms with Crippen LogP contribution in [0.2, 0.25) is 0 Å². The predicted molar refractivity (Wildman–Crippen MR) is 95.1 cm³/mol. The van der Waals surface area contributed by atoms with Crippen molar-refractivity contribution in [1.82, 2.24) is 0 Å². The van der Waals surface area contributed by atoms with Crippen molar-refractivity contribution < 1.29 is 19.1 Å². The molecule has 0 radical (unpaired) electrons. The van der Waals surface area contributed by atoms with Crippen molar-refractivity contribution >= 4 is 11.9 Å². The molecule has 4 heteroatoms. The highest BCUT2D eigenvalue weighted by atomic mass is 16.5. The van der Waals surface area contributed by atoms with E-state index in [0.717, 1.165) is 22.3 Å². The molecule has 0 heterocycles. The van der Waals surface area contributed by atoms with Gasteiger partial charge in [-0.15, -0.1) is 0 Å². The number of ether oxygens (including phenoxy) is 2. The van der Waals surface area contributed by atoms with Crippen LogP contribution in [0.1, 0.15) is 37.3 Å². The van der Waals surface area contributed by atoms with Crippen LogP contribution in [0.25, 0.3) is 11.1 Å². The van der Waals surface area contributed by atoms with Crippen LogP contribution in [0, 0.1) is 5.92 Å². The molecular weight excluding hydrogens is 316 g/mol. The van der Waals surface area contributed by atoms with Gasteiger partial charge in [0.15, 0.2) is 0 Å². The maximum Gasteiger partial charge on any atom is 0.310 e. The molecule has 3 rings (SSSR count). The Bertz CT molecular complexity index is 735. The van der Waals surface area contributed by atoms with Crippen molar-refractivity contribution in [2.75, 3.05) is 13.2 Å². The molecule has 130 valence electrons. The standard InChI is InChI=1S/C21H22O4/c1-3-24-19(22)13-18(21(23)25-4-2)20-16-11-7-5-9-14(16)15-10-6-8-12-17(15)20/h5-12,18,20H,3-4,13H2,1-2H3. The lowest BCUT2D eigenvalue weighted by molar-refractivity contribution is -0.155. The first-order valence-corrected chi connectivity index (χ1v) is 8.67. The van der Waals surface area contributed by atoms with E-state index in [1.54, 1.807) is 13.8 Å². The van der Waals surface area contributed by atoms with Gasteiger partial charge in [-0.25, -0.2) is 0 Å². The highest BCUT2D eigenvalue weighted by molar-refractivity contribution is 5.86. The number of benzene rings is 2. The molecule has 1 unspecified atom stereocenters. The van der Waals surface area contributed by atoms with Gasteiger partial charge in [0.25, 0.3) is 0 Å². The summed E-state index contributed by atoms with van der Waals surface area (Å²) in [5.74, 6) is -1.52. The Balaban J connectivity index is 2.05. The fourth-order valence-electron chi connectivity index (χ4n) is 3.61. The average molecular weight is 338 g/mol. The molecular formula is C21H22O4. The molecule has 0 aliphatic heterocycles. The highest BCUT2D eigenvalue weighted by Gasteiger charge is 2.40. The summed E-state index contributed by atoms with van der Waals surface area (Å²) in [5.41, 5.74) is 4.35. The minimum Gasteiger partial charge on any atom is -0.466 e. The maximum atomic E-state index is 12.7. The summed E-state index contributed by atoms with van der Waals surface area (Å²) < 4.78 is 10.4. The zero-order valence-electron chi connectivity index (χ0n) is 14.5. The third-order valence-corrected chi connectivity index (χ3v) is 4.57. The number of hydrogen-bond acceptors (Lipinski definition) is 4. The van der Waals surface area contributed by atoms with Gasteiger partial charge < -0.3 is 9.47 Å². The molecule has 0 saturated heterocycles. The number of hydrogen-bond donors (Lipinski definition) is 0. The van der Waals surface area contributed by atoms with Crippen molar-refractivity contribution in [1.29, 1.82) is 0 Å². The van der Waals surface area contributed by atoms with Crippen molar-refractivity contribution in [2.24, 2.45) is 5.92 Å². The number of rotatable bonds is 6. The normalized spacial score (nSPS) is 13.7. The second kappa shape index (κ2) is 7.51. The third kappa shape index (κ3) is 3.29. The van der Waals surface area contributed by atoms with E-state index in [4.69, 9.17) is 9.47 Å². The summed E-state index contributed by atoms with van der Waals surface area (Å²) in [6.07, 6.45) is 0.0139. The molecule has 0 amide bonds. The maximum absolute atomic E-state index is 12.7. The average Bonchev–Trinajstić information content (AvgIpc) is 2.95. The number of esters is 2. The molecule has 25 heavy (non-hydrogen) atoms. The van der Waals surface area contributed by atoms with E-state index in [9.17, 15) is 9.59 Å². The van der Waals surface area contributed by atoms with E-state index in [2.05, 4.69) is 12.1 Å². The number of fused-ring (bicyclic) bond motifs is 3. The number of carbonyl (C=O) groups excluding carboxylic acids is 2. The van der Waals surface area contributed by atoms with Gasteiger partial charge in [0, 0.05) is 5.92 Å². The zero-order chi connectivity index (χ0) is 17.8. The van der Waals surface area contributed by atoms with Gasteiger partial charge in [0.1, 0.15) is 0 Å². The van der Waals surface area contributed by atoms with Gasteiger partial charge in [0.05, 0.1) is 25.6 Å². The summed E-state index contributed by atoms with van der Waals surface area (Å²) in [6, 6.07) is 16.1. The van der Waals surface area contributed by atoms with Gasteiger partial charge >= 0.3 is 11.9 Å². The molecule has 0 N–H and O–H groups in total. The fraction of sp³-hybridized carbons (Fsp3) is 0.333. The molecule has 1 aliphatic carbocycles. The zero-order valence-corrected chi connectivity index (χ0v) is 14.5.